The third kappa shape index (κ3) is 6.03. The number of sulfonamides is 1. The first-order valence-electron chi connectivity index (χ1n) is 7.48. The molecule has 0 heterocycles. The van der Waals surface area contributed by atoms with Crippen LogP contribution in [0.5, 0.6) is 0 Å². The predicted octanol–water partition coefficient (Wildman–Crippen LogP) is 3.00. The summed E-state index contributed by atoms with van der Waals surface area (Å²) >= 11 is 0. The fourth-order valence-electron chi connectivity index (χ4n) is 2.20. The Bertz CT molecular complexity index is 813. The molecule has 0 spiro atoms. The van der Waals surface area contributed by atoms with E-state index in [0.717, 1.165) is 22.1 Å². The van der Waals surface area contributed by atoms with Crippen LogP contribution in [0, 0.1) is 6.92 Å². The van der Waals surface area contributed by atoms with E-state index in [1.54, 1.807) is 12.3 Å². The van der Waals surface area contributed by atoms with Gasteiger partial charge in [0.15, 0.2) is 0 Å². The molecule has 0 fully saturated rings. The first kappa shape index (κ1) is 18.6. The van der Waals surface area contributed by atoms with Gasteiger partial charge in [0.1, 0.15) is 0 Å². The third-order valence-electron chi connectivity index (χ3n) is 3.43. The molecular formula is C18H21NO3S2. The van der Waals surface area contributed by atoms with Crippen molar-refractivity contribution in [1.82, 2.24) is 4.72 Å². The molecule has 6 heteroatoms. The summed E-state index contributed by atoms with van der Waals surface area (Å²) in [5.74, 6) is 0.224. The minimum Gasteiger partial charge on any atom is -0.260 e. The molecule has 0 aliphatic rings. The van der Waals surface area contributed by atoms with Gasteiger partial charge in [0.25, 0.3) is 0 Å². The largest absolute Gasteiger partial charge is 0.260 e. The smallest absolute Gasteiger partial charge is 0.234 e. The maximum absolute atomic E-state index is 12.3. The Morgan fingerprint density at radius 1 is 1.08 bits per heavy atom. The van der Waals surface area contributed by atoms with Crippen molar-refractivity contribution in [2.75, 3.05) is 12.0 Å². The number of benzene rings is 2. The zero-order valence-electron chi connectivity index (χ0n) is 13.7. The summed E-state index contributed by atoms with van der Waals surface area (Å²) in [6, 6.07) is 16.2. The van der Waals surface area contributed by atoms with Crippen LogP contribution in [0.2, 0.25) is 0 Å². The van der Waals surface area contributed by atoms with Gasteiger partial charge in [0, 0.05) is 28.2 Å². The lowest BCUT2D eigenvalue weighted by molar-refractivity contribution is 0.576. The Balaban J connectivity index is 2.17. The Morgan fingerprint density at radius 3 is 2.29 bits per heavy atom. The van der Waals surface area contributed by atoms with Crippen LogP contribution in [-0.2, 0) is 20.8 Å². The zero-order valence-corrected chi connectivity index (χ0v) is 15.3. The Hall–Kier alpha value is -1.76. The van der Waals surface area contributed by atoms with E-state index in [4.69, 9.17) is 0 Å². The molecule has 0 bridgehead atoms. The van der Waals surface area contributed by atoms with Crippen molar-refractivity contribution in [3.63, 3.8) is 0 Å². The highest BCUT2D eigenvalue weighted by Gasteiger charge is 2.18. The van der Waals surface area contributed by atoms with Gasteiger partial charge in [-0.25, -0.2) is 13.1 Å². The second-order valence-electron chi connectivity index (χ2n) is 5.58. The number of nitrogens with one attached hydrogen (secondary N) is 1. The summed E-state index contributed by atoms with van der Waals surface area (Å²) in [5, 5.41) is 1.15. The van der Waals surface area contributed by atoms with Crippen LogP contribution in [0.3, 0.4) is 0 Å². The fourth-order valence-corrected chi connectivity index (χ4v) is 4.08. The van der Waals surface area contributed by atoms with Crippen molar-refractivity contribution in [2.24, 2.45) is 0 Å². The van der Waals surface area contributed by atoms with Gasteiger partial charge in [-0.05, 0) is 24.1 Å². The molecule has 0 aliphatic carbocycles. The molecule has 2 rings (SSSR count). The molecular weight excluding hydrogens is 342 g/mol. The van der Waals surface area contributed by atoms with E-state index in [0.29, 0.717) is 0 Å². The maximum Gasteiger partial charge on any atom is 0.234 e. The number of hydrogen-bond donors (Lipinski definition) is 1. The van der Waals surface area contributed by atoms with Crippen LogP contribution in [-0.4, -0.2) is 24.6 Å². The number of rotatable bonds is 7. The van der Waals surface area contributed by atoms with Gasteiger partial charge in [0.2, 0.25) is 10.0 Å². The third-order valence-corrected chi connectivity index (χ3v) is 5.34. The molecule has 0 saturated heterocycles. The molecule has 0 aliphatic heterocycles. The van der Waals surface area contributed by atoms with E-state index in [1.165, 1.54) is 0 Å². The molecule has 0 radical (unpaired) electrons. The summed E-state index contributed by atoms with van der Waals surface area (Å²) in [6.07, 6.45) is 3.11. The van der Waals surface area contributed by atoms with E-state index >= 15 is 0 Å². The summed E-state index contributed by atoms with van der Waals surface area (Å²) in [5.41, 5.74) is 2.71. The summed E-state index contributed by atoms with van der Waals surface area (Å²) in [4.78, 5) is 0. The highest BCUT2D eigenvalue weighted by Crippen LogP contribution is 2.16. The number of hydrogen-bond acceptors (Lipinski definition) is 3. The molecule has 128 valence electrons. The number of aryl methyl sites for hydroxylation is 1. The van der Waals surface area contributed by atoms with Gasteiger partial charge in [0.05, 0.1) is 6.04 Å². The molecule has 0 amide bonds. The summed E-state index contributed by atoms with van der Waals surface area (Å²) < 4.78 is 38.9. The maximum atomic E-state index is 12.3. The molecule has 2 atom stereocenters. The van der Waals surface area contributed by atoms with Crippen molar-refractivity contribution in [2.45, 2.75) is 13.0 Å². The SMILES string of the molecule is Cc1ccc(/C=C\S(=O)(=O)N[C@H](C[S@](C)=O)c2ccccc2)cc1. The molecule has 0 aromatic heterocycles. The minimum absolute atomic E-state index is 0.224. The standard InChI is InChI=1S/C18H21NO3S2/c1-15-8-10-16(11-9-15)12-13-24(21,22)19-18(14-23(2)20)17-6-4-3-5-7-17/h3-13,18-19H,14H2,1-2H3/b13-12-/t18-,23+/m1/s1. The van der Waals surface area contributed by atoms with E-state index in [1.807, 2.05) is 61.5 Å². The van der Waals surface area contributed by atoms with Crippen LogP contribution < -0.4 is 4.72 Å². The van der Waals surface area contributed by atoms with Gasteiger partial charge < -0.3 is 0 Å². The summed E-state index contributed by atoms with van der Waals surface area (Å²) in [6.45, 7) is 1.97. The van der Waals surface area contributed by atoms with Crippen molar-refractivity contribution >= 4 is 26.9 Å². The van der Waals surface area contributed by atoms with Gasteiger partial charge >= 0.3 is 0 Å². The first-order chi connectivity index (χ1) is 11.4. The van der Waals surface area contributed by atoms with Crippen molar-refractivity contribution in [3.05, 3.63) is 76.7 Å². The monoisotopic (exact) mass is 363 g/mol. The van der Waals surface area contributed by atoms with Crippen molar-refractivity contribution < 1.29 is 12.6 Å². The molecule has 24 heavy (non-hydrogen) atoms. The zero-order chi connectivity index (χ0) is 17.6. The van der Waals surface area contributed by atoms with Gasteiger partial charge in [-0.1, -0.05) is 60.2 Å². The van der Waals surface area contributed by atoms with Crippen molar-refractivity contribution in [3.8, 4) is 0 Å². The average molecular weight is 364 g/mol. The lowest BCUT2D eigenvalue weighted by Gasteiger charge is -2.16. The van der Waals surface area contributed by atoms with Crippen LogP contribution in [0.1, 0.15) is 22.7 Å². The van der Waals surface area contributed by atoms with Gasteiger partial charge in [-0.15, -0.1) is 0 Å². The predicted molar refractivity (Wildman–Crippen MR) is 100 cm³/mol. The Morgan fingerprint density at radius 2 is 1.71 bits per heavy atom. The highest BCUT2D eigenvalue weighted by molar-refractivity contribution is 7.92. The van der Waals surface area contributed by atoms with Crippen LogP contribution >= 0.6 is 0 Å². The molecule has 1 N–H and O–H groups in total. The average Bonchev–Trinajstić information content (AvgIpc) is 2.54. The molecule has 4 nitrogen and oxygen atoms in total. The van der Waals surface area contributed by atoms with E-state index in [9.17, 15) is 12.6 Å². The van der Waals surface area contributed by atoms with Crippen LogP contribution in [0.15, 0.2) is 60.0 Å². The first-order valence-corrected chi connectivity index (χ1v) is 10.7. The summed E-state index contributed by atoms with van der Waals surface area (Å²) in [7, 11) is -4.77. The van der Waals surface area contributed by atoms with E-state index < -0.39 is 26.9 Å². The quantitative estimate of drug-likeness (QED) is 0.822. The Kier molecular flexibility index (Phi) is 6.48. The van der Waals surface area contributed by atoms with Crippen LogP contribution in [0.4, 0.5) is 0 Å². The van der Waals surface area contributed by atoms with E-state index in [2.05, 4.69) is 4.72 Å². The van der Waals surface area contributed by atoms with E-state index in [-0.39, 0.29) is 5.75 Å². The normalized spacial score (nSPS) is 14.6. The molecule has 2 aromatic carbocycles. The topological polar surface area (TPSA) is 63.2 Å². The second kappa shape index (κ2) is 8.37. The van der Waals surface area contributed by atoms with Crippen LogP contribution in [0.25, 0.3) is 6.08 Å². The van der Waals surface area contributed by atoms with Gasteiger partial charge in [-0.2, -0.15) is 0 Å². The van der Waals surface area contributed by atoms with Crippen molar-refractivity contribution in [1.29, 1.82) is 0 Å². The minimum atomic E-state index is -3.65. The Labute approximate surface area is 146 Å². The lowest BCUT2D eigenvalue weighted by Crippen LogP contribution is -2.30. The fraction of sp³-hybridized carbons (Fsp3) is 0.222. The highest BCUT2D eigenvalue weighted by atomic mass is 32.2. The van der Waals surface area contributed by atoms with Gasteiger partial charge in [-0.3, -0.25) is 4.21 Å². The lowest BCUT2D eigenvalue weighted by atomic mass is 10.1. The molecule has 0 unspecified atom stereocenters. The molecule has 0 saturated carbocycles. The second-order valence-corrected chi connectivity index (χ2v) is 8.66. The molecule has 2 aromatic rings.